The molecule has 0 saturated carbocycles. The van der Waals surface area contributed by atoms with Gasteiger partial charge in [0.1, 0.15) is 5.82 Å². The van der Waals surface area contributed by atoms with E-state index in [1.807, 2.05) is 0 Å². The minimum atomic E-state index is -0.555. The van der Waals surface area contributed by atoms with E-state index in [1.165, 1.54) is 23.5 Å². The van der Waals surface area contributed by atoms with Gasteiger partial charge in [-0.1, -0.05) is 11.6 Å². The van der Waals surface area contributed by atoms with Crippen LogP contribution < -0.4 is 5.32 Å². The Hall–Kier alpha value is -0.910. The molecule has 0 aliphatic heterocycles. The van der Waals surface area contributed by atoms with E-state index in [2.05, 4.69) is 21.2 Å². The van der Waals surface area contributed by atoms with Gasteiger partial charge in [0.15, 0.2) is 0 Å². The van der Waals surface area contributed by atoms with E-state index in [-0.39, 0.29) is 11.6 Å². The van der Waals surface area contributed by atoms with Gasteiger partial charge in [-0.15, -0.1) is 11.3 Å². The summed E-state index contributed by atoms with van der Waals surface area (Å²) in [7, 11) is 0. The molecule has 2 aromatic rings. The lowest BCUT2D eigenvalue weighted by Crippen LogP contribution is -2.11. The van der Waals surface area contributed by atoms with E-state index in [0.29, 0.717) is 10.6 Å². The van der Waals surface area contributed by atoms with Crippen molar-refractivity contribution in [3.05, 3.63) is 49.8 Å². The van der Waals surface area contributed by atoms with Crippen LogP contribution >= 0.6 is 38.9 Å². The van der Waals surface area contributed by atoms with Crippen LogP contribution in [0.5, 0.6) is 0 Å². The number of amides is 1. The van der Waals surface area contributed by atoms with Crippen molar-refractivity contribution < 1.29 is 9.18 Å². The fourth-order valence-corrected chi connectivity index (χ4v) is 2.51. The smallest absolute Gasteiger partial charge is 0.256 e. The first-order valence-electron chi connectivity index (χ1n) is 4.56. The lowest BCUT2D eigenvalue weighted by molar-refractivity contribution is 0.102. The SMILES string of the molecule is O=C(Nc1ccc(Cl)cc1F)c1csc(Br)c1. The molecule has 0 saturated heterocycles. The predicted octanol–water partition coefficient (Wildman–Crippen LogP) is 4.56. The van der Waals surface area contributed by atoms with Gasteiger partial charge in [0.05, 0.1) is 15.0 Å². The molecule has 0 radical (unpaired) electrons. The van der Waals surface area contributed by atoms with Gasteiger partial charge in [0.25, 0.3) is 5.91 Å². The van der Waals surface area contributed by atoms with Gasteiger partial charge in [0.2, 0.25) is 0 Å². The highest BCUT2D eigenvalue weighted by molar-refractivity contribution is 9.11. The number of anilines is 1. The molecule has 0 fully saturated rings. The number of hydrogen-bond acceptors (Lipinski definition) is 2. The van der Waals surface area contributed by atoms with Gasteiger partial charge in [-0.2, -0.15) is 0 Å². The molecule has 1 amide bonds. The zero-order valence-corrected chi connectivity index (χ0v) is 11.5. The van der Waals surface area contributed by atoms with Gasteiger partial charge in [-0.05, 0) is 40.2 Å². The van der Waals surface area contributed by atoms with Crippen LogP contribution in [0.25, 0.3) is 0 Å². The van der Waals surface area contributed by atoms with Crippen molar-refractivity contribution in [3.63, 3.8) is 0 Å². The van der Waals surface area contributed by atoms with Crippen LogP contribution in [0.15, 0.2) is 33.4 Å². The molecule has 0 unspecified atom stereocenters. The Morgan fingerprint density at radius 1 is 1.41 bits per heavy atom. The van der Waals surface area contributed by atoms with Gasteiger partial charge in [-0.25, -0.2) is 4.39 Å². The Morgan fingerprint density at radius 3 is 2.76 bits per heavy atom. The van der Waals surface area contributed by atoms with Gasteiger partial charge in [0, 0.05) is 10.4 Å². The van der Waals surface area contributed by atoms with E-state index < -0.39 is 5.82 Å². The van der Waals surface area contributed by atoms with Crippen LogP contribution in [-0.2, 0) is 0 Å². The molecule has 2 nitrogen and oxygen atoms in total. The van der Waals surface area contributed by atoms with Crippen molar-refractivity contribution in [2.75, 3.05) is 5.32 Å². The minimum Gasteiger partial charge on any atom is -0.319 e. The second-order valence-electron chi connectivity index (χ2n) is 3.22. The third-order valence-electron chi connectivity index (χ3n) is 2.01. The molecular formula is C11H6BrClFNOS. The summed E-state index contributed by atoms with van der Waals surface area (Å²) in [6.45, 7) is 0. The van der Waals surface area contributed by atoms with Crippen LogP contribution in [0, 0.1) is 5.82 Å². The Morgan fingerprint density at radius 2 is 2.18 bits per heavy atom. The highest BCUT2D eigenvalue weighted by Gasteiger charge is 2.11. The number of halogens is 3. The van der Waals surface area contributed by atoms with E-state index in [4.69, 9.17) is 11.6 Å². The summed E-state index contributed by atoms with van der Waals surface area (Å²) in [6, 6.07) is 5.77. The highest BCUT2D eigenvalue weighted by Crippen LogP contribution is 2.23. The number of rotatable bonds is 2. The third kappa shape index (κ3) is 3.06. The van der Waals surface area contributed by atoms with Crippen LogP contribution in [-0.4, -0.2) is 5.91 Å². The molecular weight excluding hydrogens is 329 g/mol. The second kappa shape index (κ2) is 5.16. The van der Waals surface area contributed by atoms with E-state index in [1.54, 1.807) is 11.4 Å². The molecule has 0 spiro atoms. The predicted molar refractivity (Wildman–Crippen MR) is 71.4 cm³/mol. The summed E-state index contributed by atoms with van der Waals surface area (Å²) < 4.78 is 14.3. The number of nitrogens with one attached hydrogen (secondary N) is 1. The summed E-state index contributed by atoms with van der Waals surface area (Å²) in [5, 5.41) is 4.46. The summed E-state index contributed by atoms with van der Waals surface area (Å²) in [5.74, 6) is -0.909. The van der Waals surface area contributed by atoms with E-state index >= 15 is 0 Å². The number of carbonyl (C=O) groups excluding carboxylic acids is 1. The maximum atomic E-state index is 13.4. The number of thiophene rings is 1. The standard InChI is InChI=1S/C11H6BrClFNOS/c12-10-3-6(5-17-10)11(16)15-9-2-1-7(13)4-8(9)14/h1-5H,(H,15,16). The molecule has 17 heavy (non-hydrogen) atoms. The molecule has 6 heteroatoms. The van der Waals surface area contributed by atoms with Crippen LogP contribution in [0.2, 0.25) is 5.02 Å². The summed E-state index contributed by atoms with van der Waals surface area (Å²) in [4.78, 5) is 11.7. The van der Waals surface area contributed by atoms with Gasteiger partial charge < -0.3 is 5.32 Å². The van der Waals surface area contributed by atoms with Crippen molar-refractivity contribution in [1.29, 1.82) is 0 Å². The minimum absolute atomic E-state index is 0.113. The Kier molecular flexibility index (Phi) is 3.81. The number of hydrogen-bond donors (Lipinski definition) is 1. The Balaban J connectivity index is 2.18. The molecule has 2 rings (SSSR count). The second-order valence-corrected chi connectivity index (χ2v) is 5.94. The molecule has 88 valence electrons. The quantitative estimate of drug-likeness (QED) is 0.857. The summed E-state index contributed by atoms with van der Waals surface area (Å²) in [5.41, 5.74) is 0.595. The summed E-state index contributed by atoms with van der Waals surface area (Å²) in [6.07, 6.45) is 0. The first-order valence-corrected chi connectivity index (χ1v) is 6.62. The number of benzene rings is 1. The van der Waals surface area contributed by atoms with Crippen LogP contribution in [0.3, 0.4) is 0 Å². The average Bonchev–Trinajstić information content (AvgIpc) is 2.69. The zero-order chi connectivity index (χ0) is 12.4. The van der Waals surface area contributed by atoms with Gasteiger partial charge >= 0.3 is 0 Å². The van der Waals surface area contributed by atoms with Crippen molar-refractivity contribution in [2.24, 2.45) is 0 Å². The zero-order valence-electron chi connectivity index (χ0n) is 8.34. The van der Waals surface area contributed by atoms with Crippen molar-refractivity contribution in [1.82, 2.24) is 0 Å². The lowest BCUT2D eigenvalue weighted by atomic mass is 10.2. The van der Waals surface area contributed by atoms with E-state index in [0.717, 1.165) is 9.85 Å². The molecule has 0 aliphatic carbocycles. The molecule has 1 aromatic heterocycles. The van der Waals surface area contributed by atoms with Crippen molar-refractivity contribution in [2.45, 2.75) is 0 Å². The fourth-order valence-electron chi connectivity index (χ4n) is 1.21. The molecule has 1 N–H and O–H groups in total. The molecule has 0 bridgehead atoms. The first-order chi connectivity index (χ1) is 8.06. The van der Waals surface area contributed by atoms with E-state index in [9.17, 15) is 9.18 Å². The van der Waals surface area contributed by atoms with Gasteiger partial charge in [-0.3, -0.25) is 4.79 Å². The summed E-state index contributed by atoms with van der Waals surface area (Å²) >= 11 is 10.3. The van der Waals surface area contributed by atoms with Crippen LogP contribution in [0.1, 0.15) is 10.4 Å². The molecule has 0 atom stereocenters. The largest absolute Gasteiger partial charge is 0.319 e. The monoisotopic (exact) mass is 333 g/mol. The maximum Gasteiger partial charge on any atom is 0.256 e. The third-order valence-corrected chi connectivity index (χ3v) is 3.75. The first kappa shape index (κ1) is 12.5. The average molecular weight is 335 g/mol. The lowest BCUT2D eigenvalue weighted by Gasteiger charge is -2.05. The maximum absolute atomic E-state index is 13.4. The van der Waals surface area contributed by atoms with Crippen molar-refractivity contribution >= 4 is 50.5 Å². The normalized spacial score (nSPS) is 10.3. The molecule has 1 aromatic carbocycles. The van der Waals surface area contributed by atoms with Crippen LogP contribution in [0.4, 0.5) is 10.1 Å². The fraction of sp³-hybridized carbons (Fsp3) is 0. The molecule has 1 heterocycles. The van der Waals surface area contributed by atoms with Crippen molar-refractivity contribution in [3.8, 4) is 0 Å². The topological polar surface area (TPSA) is 29.1 Å². The highest BCUT2D eigenvalue weighted by atomic mass is 79.9. The number of carbonyl (C=O) groups is 1. The molecule has 0 aliphatic rings. The Labute approximate surface area is 115 Å². The Bertz CT molecular complexity index is 572.